The van der Waals surface area contributed by atoms with Crippen LogP contribution in [0.25, 0.3) is 0 Å². The van der Waals surface area contributed by atoms with Crippen LogP contribution in [0, 0.1) is 11.8 Å². The lowest BCUT2D eigenvalue weighted by Gasteiger charge is -2.20. The minimum Gasteiger partial charge on any atom is -0.481 e. The van der Waals surface area contributed by atoms with Crippen molar-refractivity contribution in [3.63, 3.8) is 0 Å². The molecule has 0 aliphatic rings. The van der Waals surface area contributed by atoms with Gasteiger partial charge in [0.25, 0.3) is 0 Å². The first-order chi connectivity index (χ1) is 9.60. The van der Waals surface area contributed by atoms with Crippen LogP contribution in [-0.2, 0) is 14.3 Å². The lowest BCUT2D eigenvalue weighted by Crippen LogP contribution is -2.34. The number of rotatable bonds is 9. The van der Waals surface area contributed by atoms with Crippen molar-refractivity contribution in [2.45, 2.75) is 53.1 Å². The molecule has 0 aromatic heterocycles. The number of carbonyl (C=O) groups excluding carboxylic acids is 1. The van der Waals surface area contributed by atoms with Gasteiger partial charge in [0.2, 0.25) is 0 Å². The summed E-state index contributed by atoms with van der Waals surface area (Å²) in [5.41, 5.74) is -0.537. The van der Waals surface area contributed by atoms with Crippen LogP contribution >= 0.6 is 0 Å². The van der Waals surface area contributed by atoms with E-state index in [4.69, 9.17) is 14.6 Å². The van der Waals surface area contributed by atoms with Crippen molar-refractivity contribution in [3.05, 3.63) is 0 Å². The van der Waals surface area contributed by atoms with E-state index in [-0.39, 0.29) is 12.3 Å². The Morgan fingerprint density at radius 3 is 2.29 bits per heavy atom. The number of hydrogen-bond donors (Lipinski definition) is 2. The van der Waals surface area contributed by atoms with E-state index < -0.39 is 17.7 Å². The van der Waals surface area contributed by atoms with Crippen LogP contribution < -0.4 is 5.32 Å². The summed E-state index contributed by atoms with van der Waals surface area (Å²) in [5.74, 6) is -0.558. The fraction of sp³-hybridized carbons (Fsp3) is 0.867. The highest BCUT2D eigenvalue weighted by Crippen LogP contribution is 2.11. The average molecular weight is 303 g/mol. The molecule has 0 saturated carbocycles. The Hall–Kier alpha value is -1.30. The molecule has 1 amide bonds. The van der Waals surface area contributed by atoms with Gasteiger partial charge in [-0.2, -0.15) is 0 Å². The van der Waals surface area contributed by atoms with Gasteiger partial charge in [0, 0.05) is 13.2 Å². The summed E-state index contributed by atoms with van der Waals surface area (Å²) >= 11 is 0. The van der Waals surface area contributed by atoms with Crippen LogP contribution in [0.2, 0.25) is 0 Å². The molecule has 0 radical (unpaired) electrons. The highest BCUT2D eigenvalue weighted by Gasteiger charge is 2.17. The molecule has 1 atom stereocenters. The molecule has 0 aromatic carbocycles. The average Bonchev–Trinajstić information content (AvgIpc) is 2.24. The van der Waals surface area contributed by atoms with Crippen LogP contribution in [-0.4, -0.2) is 42.5 Å². The maximum Gasteiger partial charge on any atom is 0.407 e. The van der Waals surface area contributed by atoms with E-state index in [0.717, 1.165) is 0 Å². The van der Waals surface area contributed by atoms with Crippen molar-refractivity contribution in [3.8, 4) is 0 Å². The Morgan fingerprint density at radius 2 is 1.81 bits per heavy atom. The molecule has 0 unspecified atom stereocenters. The Bertz CT molecular complexity index is 323. The number of amides is 1. The molecule has 0 heterocycles. The fourth-order valence-corrected chi connectivity index (χ4v) is 1.65. The van der Waals surface area contributed by atoms with E-state index in [1.165, 1.54) is 0 Å². The highest BCUT2D eigenvalue weighted by atomic mass is 16.6. The molecular weight excluding hydrogens is 274 g/mol. The van der Waals surface area contributed by atoms with Crippen molar-refractivity contribution in [2.75, 3.05) is 19.8 Å². The number of nitrogens with one attached hydrogen (secondary N) is 1. The number of ether oxygens (including phenoxy) is 2. The number of aliphatic carboxylic acids is 1. The largest absolute Gasteiger partial charge is 0.481 e. The van der Waals surface area contributed by atoms with Gasteiger partial charge in [-0.15, -0.1) is 0 Å². The number of alkyl carbamates (subject to hydrolysis) is 1. The topological polar surface area (TPSA) is 84.9 Å². The summed E-state index contributed by atoms with van der Waals surface area (Å²) in [7, 11) is 0. The van der Waals surface area contributed by atoms with Crippen molar-refractivity contribution >= 4 is 12.1 Å². The van der Waals surface area contributed by atoms with Crippen LogP contribution in [0.1, 0.15) is 47.5 Å². The number of carboxylic acid groups (broad SMARTS) is 1. The van der Waals surface area contributed by atoms with E-state index in [2.05, 4.69) is 5.32 Å². The van der Waals surface area contributed by atoms with Crippen LogP contribution in [0.4, 0.5) is 4.79 Å². The van der Waals surface area contributed by atoms with Crippen molar-refractivity contribution < 1.29 is 24.2 Å². The molecule has 6 nitrogen and oxygen atoms in total. The third kappa shape index (κ3) is 13.4. The first kappa shape index (κ1) is 19.7. The third-order valence-electron chi connectivity index (χ3n) is 2.49. The van der Waals surface area contributed by atoms with Gasteiger partial charge in [-0.3, -0.25) is 4.79 Å². The number of carbonyl (C=O) groups is 2. The summed E-state index contributed by atoms with van der Waals surface area (Å²) < 4.78 is 10.6. The van der Waals surface area contributed by atoms with E-state index in [1.807, 2.05) is 13.8 Å². The Kier molecular flexibility index (Phi) is 9.01. The fourth-order valence-electron chi connectivity index (χ4n) is 1.65. The van der Waals surface area contributed by atoms with Gasteiger partial charge >= 0.3 is 12.1 Å². The molecule has 0 aliphatic heterocycles. The maximum absolute atomic E-state index is 11.5. The SMILES string of the molecule is CC(C)COC[C@H](CCNC(=O)OC(C)(C)C)CC(=O)O. The first-order valence-electron chi connectivity index (χ1n) is 7.36. The summed E-state index contributed by atoms with van der Waals surface area (Å²) in [5, 5.41) is 11.5. The summed E-state index contributed by atoms with van der Waals surface area (Å²) in [6, 6.07) is 0. The second-order valence-electron chi connectivity index (χ2n) is 6.61. The second-order valence-corrected chi connectivity index (χ2v) is 6.61. The highest BCUT2D eigenvalue weighted by molar-refractivity contribution is 5.68. The molecule has 0 spiro atoms. The van der Waals surface area contributed by atoms with Gasteiger partial charge in [-0.05, 0) is 39.0 Å². The smallest absolute Gasteiger partial charge is 0.407 e. The summed E-state index contributed by atoms with van der Waals surface area (Å²) in [6.07, 6.45) is 0.0947. The predicted octanol–water partition coefficient (Wildman–Crippen LogP) is 2.66. The second kappa shape index (κ2) is 9.60. The Morgan fingerprint density at radius 1 is 1.19 bits per heavy atom. The van der Waals surface area contributed by atoms with Gasteiger partial charge < -0.3 is 19.9 Å². The third-order valence-corrected chi connectivity index (χ3v) is 2.49. The standard InChI is InChI=1S/C15H29NO5/c1-11(2)9-20-10-12(8-13(17)18)6-7-16-14(19)21-15(3,4)5/h11-12H,6-10H2,1-5H3,(H,16,19)(H,17,18)/t12-/m1/s1. The minimum atomic E-state index is -0.856. The Balaban J connectivity index is 4.05. The van der Waals surface area contributed by atoms with Gasteiger partial charge in [0.1, 0.15) is 5.60 Å². The van der Waals surface area contributed by atoms with Crippen LogP contribution in [0.15, 0.2) is 0 Å². The molecular formula is C15H29NO5. The van der Waals surface area contributed by atoms with Gasteiger partial charge in [0.15, 0.2) is 0 Å². The van der Waals surface area contributed by atoms with Crippen LogP contribution in [0.5, 0.6) is 0 Å². The minimum absolute atomic E-state index is 0.0358. The first-order valence-corrected chi connectivity index (χ1v) is 7.36. The van der Waals surface area contributed by atoms with Crippen molar-refractivity contribution in [1.29, 1.82) is 0 Å². The molecule has 124 valence electrons. The zero-order valence-electron chi connectivity index (χ0n) is 13.8. The lowest BCUT2D eigenvalue weighted by molar-refractivity contribution is -0.138. The molecule has 6 heteroatoms. The maximum atomic E-state index is 11.5. The van der Waals surface area contributed by atoms with Gasteiger partial charge in [0.05, 0.1) is 13.0 Å². The zero-order valence-corrected chi connectivity index (χ0v) is 13.8. The monoisotopic (exact) mass is 303 g/mol. The molecule has 0 saturated heterocycles. The van der Waals surface area contributed by atoms with E-state index in [1.54, 1.807) is 20.8 Å². The van der Waals surface area contributed by atoms with E-state index in [9.17, 15) is 9.59 Å². The molecule has 0 rings (SSSR count). The van der Waals surface area contributed by atoms with Crippen molar-refractivity contribution in [2.24, 2.45) is 11.8 Å². The summed E-state index contributed by atoms with van der Waals surface area (Å²) in [6.45, 7) is 10.8. The van der Waals surface area contributed by atoms with Crippen LogP contribution in [0.3, 0.4) is 0 Å². The molecule has 0 bridgehead atoms. The molecule has 0 aliphatic carbocycles. The molecule has 2 N–H and O–H groups in total. The number of carboxylic acids is 1. The predicted molar refractivity (Wildman–Crippen MR) is 80.3 cm³/mol. The molecule has 0 aromatic rings. The van der Waals surface area contributed by atoms with E-state index >= 15 is 0 Å². The van der Waals surface area contributed by atoms with Gasteiger partial charge in [-0.25, -0.2) is 4.79 Å². The van der Waals surface area contributed by atoms with Gasteiger partial charge in [-0.1, -0.05) is 13.8 Å². The zero-order chi connectivity index (χ0) is 16.5. The molecule has 21 heavy (non-hydrogen) atoms. The number of hydrogen-bond acceptors (Lipinski definition) is 4. The summed E-state index contributed by atoms with van der Waals surface area (Å²) in [4.78, 5) is 22.3. The van der Waals surface area contributed by atoms with Crippen molar-refractivity contribution in [1.82, 2.24) is 5.32 Å². The quantitative estimate of drug-likeness (QED) is 0.684. The lowest BCUT2D eigenvalue weighted by atomic mass is 10.0. The molecule has 0 fully saturated rings. The Labute approximate surface area is 127 Å². The normalized spacial score (nSPS) is 13.0. The van der Waals surface area contributed by atoms with E-state index in [0.29, 0.717) is 32.1 Å².